The number of carbonyl (C=O) groups excluding carboxylic acids is 2. The second-order valence-corrected chi connectivity index (χ2v) is 9.14. The van der Waals surface area contributed by atoms with Gasteiger partial charge in [0, 0.05) is 18.2 Å². The second kappa shape index (κ2) is 7.23. The summed E-state index contributed by atoms with van der Waals surface area (Å²) in [5.41, 5.74) is 1.56. The maximum absolute atomic E-state index is 14.2. The Morgan fingerprint density at radius 3 is 2.62 bits per heavy atom. The standard InChI is InChI=1S/C20H20FN3O4S/c1-29(27,28)23-13-8-9-24-18(11-13)19(25)22-17-7-6-12(10-15(17)20(24)26)14-4-2-3-5-16(14)21/h2-7,10,13,18,23H,8-9,11H2,1H3,(H,22,25). The van der Waals surface area contributed by atoms with E-state index < -0.39 is 27.9 Å². The van der Waals surface area contributed by atoms with Crippen molar-refractivity contribution in [3.63, 3.8) is 0 Å². The van der Waals surface area contributed by atoms with Crippen molar-refractivity contribution in [3.05, 3.63) is 53.8 Å². The molecule has 29 heavy (non-hydrogen) atoms. The Bertz CT molecular complexity index is 1100. The first-order valence-electron chi connectivity index (χ1n) is 9.21. The van der Waals surface area contributed by atoms with Gasteiger partial charge in [0.25, 0.3) is 5.91 Å². The number of hydrogen-bond acceptors (Lipinski definition) is 4. The van der Waals surface area contributed by atoms with Crippen molar-refractivity contribution in [3.8, 4) is 11.1 Å². The van der Waals surface area contributed by atoms with Crippen LogP contribution in [0.15, 0.2) is 42.5 Å². The molecule has 152 valence electrons. The number of sulfonamides is 1. The summed E-state index contributed by atoms with van der Waals surface area (Å²) >= 11 is 0. The van der Waals surface area contributed by atoms with Gasteiger partial charge in [0.15, 0.2) is 0 Å². The van der Waals surface area contributed by atoms with E-state index in [0.29, 0.717) is 23.2 Å². The minimum absolute atomic E-state index is 0.193. The summed E-state index contributed by atoms with van der Waals surface area (Å²) in [6.07, 6.45) is 1.67. The molecule has 0 spiro atoms. The molecule has 2 aromatic carbocycles. The van der Waals surface area contributed by atoms with Gasteiger partial charge in [0.2, 0.25) is 15.9 Å². The number of hydrogen-bond donors (Lipinski definition) is 2. The number of halogens is 1. The Kier molecular flexibility index (Phi) is 4.87. The number of amides is 2. The minimum atomic E-state index is -3.42. The number of nitrogens with zero attached hydrogens (tertiary/aromatic N) is 1. The average molecular weight is 417 g/mol. The molecular weight excluding hydrogens is 397 g/mol. The van der Waals surface area contributed by atoms with E-state index in [1.54, 1.807) is 36.4 Å². The Morgan fingerprint density at radius 2 is 1.90 bits per heavy atom. The van der Waals surface area contributed by atoms with Crippen LogP contribution in [0.5, 0.6) is 0 Å². The van der Waals surface area contributed by atoms with Gasteiger partial charge in [-0.1, -0.05) is 24.3 Å². The largest absolute Gasteiger partial charge is 0.326 e. The van der Waals surface area contributed by atoms with Gasteiger partial charge in [-0.3, -0.25) is 9.59 Å². The minimum Gasteiger partial charge on any atom is -0.326 e. The summed E-state index contributed by atoms with van der Waals surface area (Å²) in [5.74, 6) is -1.10. The number of nitrogens with one attached hydrogen (secondary N) is 2. The molecule has 2 aliphatic rings. The van der Waals surface area contributed by atoms with Crippen LogP contribution in [0, 0.1) is 5.82 Å². The maximum Gasteiger partial charge on any atom is 0.256 e. The smallest absolute Gasteiger partial charge is 0.256 e. The molecule has 4 rings (SSSR count). The summed E-state index contributed by atoms with van der Waals surface area (Å²) < 4.78 is 39.7. The lowest BCUT2D eigenvalue weighted by molar-refractivity contribution is -0.121. The summed E-state index contributed by atoms with van der Waals surface area (Å²) in [6, 6.07) is 9.92. The molecule has 2 aliphatic heterocycles. The van der Waals surface area contributed by atoms with Crippen LogP contribution in [0.2, 0.25) is 0 Å². The van der Waals surface area contributed by atoms with Crippen molar-refractivity contribution in [1.29, 1.82) is 0 Å². The fourth-order valence-electron chi connectivity index (χ4n) is 3.93. The van der Waals surface area contributed by atoms with Gasteiger partial charge in [-0.05, 0) is 36.6 Å². The van der Waals surface area contributed by atoms with Gasteiger partial charge in [-0.25, -0.2) is 17.5 Å². The zero-order valence-corrected chi connectivity index (χ0v) is 16.5. The van der Waals surface area contributed by atoms with E-state index >= 15 is 0 Å². The van der Waals surface area contributed by atoms with E-state index in [1.807, 2.05) is 0 Å². The lowest BCUT2D eigenvalue weighted by atomic mass is 9.96. The summed E-state index contributed by atoms with van der Waals surface area (Å²) in [6.45, 7) is 0.244. The molecule has 0 saturated carbocycles. The van der Waals surface area contributed by atoms with E-state index in [4.69, 9.17) is 0 Å². The van der Waals surface area contributed by atoms with E-state index in [2.05, 4.69) is 10.0 Å². The highest BCUT2D eigenvalue weighted by Gasteiger charge is 2.40. The molecule has 2 amide bonds. The number of rotatable bonds is 3. The van der Waals surface area contributed by atoms with Crippen molar-refractivity contribution in [2.45, 2.75) is 24.9 Å². The normalized spacial score (nSPS) is 21.8. The van der Waals surface area contributed by atoms with Gasteiger partial charge in [-0.2, -0.15) is 0 Å². The monoisotopic (exact) mass is 417 g/mol. The Balaban J connectivity index is 1.67. The molecule has 0 aliphatic carbocycles. The number of anilines is 1. The number of fused-ring (bicyclic) bond motifs is 2. The molecule has 0 aromatic heterocycles. The molecule has 9 heteroatoms. The van der Waals surface area contributed by atoms with Crippen molar-refractivity contribution < 1.29 is 22.4 Å². The first-order chi connectivity index (χ1) is 13.7. The SMILES string of the molecule is CS(=O)(=O)NC1CCN2C(=O)c3cc(-c4ccccc4F)ccc3NC(=O)C2C1. The van der Waals surface area contributed by atoms with Crippen LogP contribution >= 0.6 is 0 Å². The number of carbonyl (C=O) groups is 2. The van der Waals surface area contributed by atoms with Crippen molar-refractivity contribution >= 4 is 27.5 Å². The fraction of sp³-hybridized carbons (Fsp3) is 0.300. The summed E-state index contributed by atoms with van der Waals surface area (Å²) in [4.78, 5) is 27.4. The van der Waals surface area contributed by atoms with Crippen molar-refractivity contribution in [1.82, 2.24) is 9.62 Å². The van der Waals surface area contributed by atoms with Crippen molar-refractivity contribution in [2.24, 2.45) is 0 Å². The van der Waals surface area contributed by atoms with Crippen molar-refractivity contribution in [2.75, 3.05) is 18.1 Å². The molecule has 0 bridgehead atoms. The summed E-state index contributed by atoms with van der Waals surface area (Å²) in [5, 5.41) is 2.76. The predicted octanol–water partition coefficient (Wildman–Crippen LogP) is 1.97. The van der Waals surface area contributed by atoms with E-state index in [-0.39, 0.29) is 30.3 Å². The van der Waals surface area contributed by atoms with Crippen LogP contribution in [-0.2, 0) is 14.8 Å². The van der Waals surface area contributed by atoms with Gasteiger partial charge in [0.1, 0.15) is 11.9 Å². The molecule has 2 atom stereocenters. The zero-order valence-electron chi connectivity index (χ0n) is 15.7. The second-order valence-electron chi connectivity index (χ2n) is 7.36. The Labute approximate surface area is 168 Å². The van der Waals surface area contributed by atoms with Crippen LogP contribution in [-0.4, -0.2) is 50.0 Å². The first-order valence-corrected chi connectivity index (χ1v) is 11.1. The van der Waals surface area contributed by atoms with Crippen LogP contribution < -0.4 is 10.0 Å². The van der Waals surface area contributed by atoms with Gasteiger partial charge >= 0.3 is 0 Å². The molecule has 2 heterocycles. The molecule has 2 N–H and O–H groups in total. The lowest BCUT2D eigenvalue weighted by Gasteiger charge is -2.37. The third-order valence-electron chi connectivity index (χ3n) is 5.24. The topological polar surface area (TPSA) is 95.6 Å². The van der Waals surface area contributed by atoms with Gasteiger partial charge in [0.05, 0.1) is 17.5 Å². The maximum atomic E-state index is 14.2. The Morgan fingerprint density at radius 1 is 1.14 bits per heavy atom. The highest BCUT2D eigenvalue weighted by atomic mass is 32.2. The third-order valence-corrected chi connectivity index (χ3v) is 6.00. The van der Waals surface area contributed by atoms with Crippen LogP contribution in [0.3, 0.4) is 0 Å². The van der Waals surface area contributed by atoms with E-state index in [0.717, 1.165) is 6.26 Å². The molecule has 0 radical (unpaired) electrons. The highest BCUT2D eigenvalue weighted by molar-refractivity contribution is 7.88. The lowest BCUT2D eigenvalue weighted by Crippen LogP contribution is -2.54. The van der Waals surface area contributed by atoms with Crippen LogP contribution in [0.1, 0.15) is 23.2 Å². The average Bonchev–Trinajstić information content (AvgIpc) is 2.76. The van der Waals surface area contributed by atoms with Crippen LogP contribution in [0.25, 0.3) is 11.1 Å². The van der Waals surface area contributed by atoms with Gasteiger partial charge < -0.3 is 10.2 Å². The number of benzene rings is 2. The fourth-order valence-corrected chi connectivity index (χ4v) is 4.75. The van der Waals surface area contributed by atoms with Crippen LogP contribution in [0.4, 0.5) is 10.1 Å². The number of piperidine rings is 1. The molecular formula is C20H20FN3O4S. The quantitative estimate of drug-likeness (QED) is 0.798. The molecule has 1 saturated heterocycles. The first kappa shape index (κ1) is 19.5. The molecule has 2 unspecified atom stereocenters. The zero-order chi connectivity index (χ0) is 20.8. The van der Waals surface area contributed by atoms with E-state index in [1.165, 1.54) is 11.0 Å². The predicted molar refractivity (Wildman–Crippen MR) is 106 cm³/mol. The Hall–Kier alpha value is -2.78. The van der Waals surface area contributed by atoms with E-state index in [9.17, 15) is 22.4 Å². The molecule has 7 nitrogen and oxygen atoms in total. The summed E-state index contributed by atoms with van der Waals surface area (Å²) in [7, 11) is -3.42. The molecule has 1 fully saturated rings. The third kappa shape index (κ3) is 3.88. The van der Waals surface area contributed by atoms with Gasteiger partial charge in [-0.15, -0.1) is 0 Å². The highest BCUT2D eigenvalue weighted by Crippen LogP contribution is 2.32. The molecule has 2 aromatic rings.